The molecule has 0 saturated heterocycles. The predicted octanol–water partition coefficient (Wildman–Crippen LogP) is 7.60. The summed E-state index contributed by atoms with van der Waals surface area (Å²) in [6.45, 7) is 4.35. The topological polar surface area (TPSA) is 18.5 Å². The third kappa shape index (κ3) is 3.05. The van der Waals surface area contributed by atoms with Crippen molar-refractivity contribution in [2.75, 3.05) is 0 Å². The largest absolute Gasteiger partial charge is 0.633 e. The Morgan fingerprint density at radius 3 is 1.74 bits per heavy atom. The summed E-state index contributed by atoms with van der Waals surface area (Å²) >= 11 is 0. The third-order valence-electron chi connectivity index (χ3n) is 7.17. The molecule has 0 bridgehead atoms. The Hall–Kier alpha value is -4.24. The van der Waals surface area contributed by atoms with Crippen LogP contribution in [0.5, 0.6) is 11.5 Å². The van der Waals surface area contributed by atoms with E-state index >= 15 is 0 Å². The normalized spacial score (nSPS) is 12.7. The minimum Gasteiger partial charge on any atom is -0.521 e. The first-order valence-electron chi connectivity index (χ1n) is 12.0. The molecule has 0 unspecified atom stereocenters. The van der Waals surface area contributed by atoms with Gasteiger partial charge in [0.1, 0.15) is 11.5 Å². The zero-order valence-corrected chi connectivity index (χ0v) is 19.7. The van der Waals surface area contributed by atoms with Crippen molar-refractivity contribution in [3.63, 3.8) is 0 Å². The molecule has 0 atom stereocenters. The molecule has 0 aliphatic carbocycles. The standard InChI is InChI=1S/C32H23BO2/c1-20-17-18-21(2)27(19-20)31-23-11-3-5-13-25(23)32(26-14-6-4-12-24(26)31)33-34-28-15-7-9-22-10-8-16-29(35-33)30(22)28/h3-19H,1-2H3. The summed E-state index contributed by atoms with van der Waals surface area (Å²) < 4.78 is 13.1. The first-order valence-corrected chi connectivity index (χ1v) is 12.0. The van der Waals surface area contributed by atoms with Gasteiger partial charge in [0, 0.05) is 5.46 Å². The summed E-state index contributed by atoms with van der Waals surface area (Å²) in [6, 6.07) is 36.3. The molecule has 0 saturated carbocycles. The van der Waals surface area contributed by atoms with Crippen LogP contribution in [0, 0.1) is 13.8 Å². The lowest BCUT2D eigenvalue weighted by Gasteiger charge is -2.27. The van der Waals surface area contributed by atoms with Crippen molar-refractivity contribution in [1.82, 2.24) is 0 Å². The van der Waals surface area contributed by atoms with Gasteiger partial charge in [0.25, 0.3) is 0 Å². The van der Waals surface area contributed by atoms with Gasteiger partial charge in [0.05, 0.1) is 5.39 Å². The first kappa shape index (κ1) is 20.2. The molecular formula is C32H23BO2. The van der Waals surface area contributed by atoms with Gasteiger partial charge >= 0.3 is 7.12 Å². The smallest absolute Gasteiger partial charge is 0.521 e. The van der Waals surface area contributed by atoms with Crippen LogP contribution in [0.2, 0.25) is 0 Å². The molecule has 0 radical (unpaired) electrons. The lowest BCUT2D eigenvalue weighted by molar-refractivity contribution is 0.429. The van der Waals surface area contributed by atoms with E-state index in [9.17, 15) is 0 Å². The van der Waals surface area contributed by atoms with Gasteiger partial charge in [-0.15, -0.1) is 0 Å². The Labute approximate surface area is 204 Å². The fourth-order valence-corrected chi connectivity index (χ4v) is 5.55. The van der Waals surface area contributed by atoms with Gasteiger partial charge in [-0.2, -0.15) is 0 Å². The van der Waals surface area contributed by atoms with Gasteiger partial charge in [0.15, 0.2) is 0 Å². The van der Waals surface area contributed by atoms with Gasteiger partial charge in [-0.1, -0.05) is 96.6 Å². The quantitative estimate of drug-likeness (QED) is 0.200. The molecule has 0 amide bonds. The molecule has 0 N–H and O–H groups in total. The Balaban J connectivity index is 1.55. The van der Waals surface area contributed by atoms with Gasteiger partial charge < -0.3 is 9.31 Å². The van der Waals surface area contributed by atoms with Crippen molar-refractivity contribution < 1.29 is 9.31 Å². The summed E-state index contributed by atoms with van der Waals surface area (Å²) in [4.78, 5) is 0. The molecule has 7 rings (SSSR count). The number of rotatable bonds is 2. The number of aryl methyl sites for hydroxylation is 2. The van der Waals surface area contributed by atoms with Gasteiger partial charge in [-0.3, -0.25) is 0 Å². The van der Waals surface area contributed by atoms with E-state index in [1.807, 2.05) is 24.3 Å². The van der Waals surface area contributed by atoms with Crippen LogP contribution in [0.3, 0.4) is 0 Å². The number of hydrogen-bond acceptors (Lipinski definition) is 2. The van der Waals surface area contributed by atoms with Crippen molar-refractivity contribution in [2.24, 2.45) is 0 Å². The predicted molar refractivity (Wildman–Crippen MR) is 147 cm³/mol. The highest BCUT2D eigenvalue weighted by atomic mass is 16.6. The van der Waals surface area contributed by atoms with Gasteiger partial charge in [-0.05, 0) is 69.6 Å². The van der Waals surface area contributed by atoms with E-state index in [0.717, 1.165) is 38.5 Å². The summed E-state index contributed by atoms with van der Waals surface area (Å²) in [5.41, 5.74) is 6.12. The van der Waals surface area contributed by atoms with Crippen LogP contribution < -0.4 is 14.8 Å². The number of hydrogen-bond donors (Lipinski definition) is 0. The van der Waals surface area contributed by atoms with Gasteiger partial charge in [0.2, 0.25) is 0 Å². The van der Waals surface area contributed by atoms with Crippen LogP contribution in [0.1, 0.15) is 11.1 Å². The maximum atomic E-state index is 6.57. The van der Waals surface area contributed by atoms with E-state index in [2.05, 4.69) is 92.7 Å². The second kappa shape index (κ2) is 7.64. The highest BCUT2D eigenvalue weighted by molar-refractivity contribution is 6.70. The van der Waals surface area contributed by atoms with E-state index < -0.39 is 7.12 Å². The molecular weight excluding hydrogens is 427 g/mol. The molecule has 0 spiro atoms. The minimum absolute atomic E-state index is 0.544. The third-order valence-corrected chi connectivity index (χ3v) is 7.17. The van der Waals surface area contributed by atoms with E-state index in [-0.39, 0.29) is 0 Å². The number of fused-ring (bicyclic) bond motifs is 2. The zero-order chi connectivity index (χ0) is 23.5. The molecule has 166 valence electrons. The van der Waals surface area contributed by atoms with Crippen molar-refractivity contribution in [1.29, 1.82) is 0 Å². The molecule has 6 aromatic carbocycles. The van der Waals surface area contributed by atoms with Crippen LogP contribution in [0.4, 0.5) is 0 Å². The second-order valence-electron chi connectivity index (χ2n) is 9.38. The fourth-order valence-electron chi connectivity index (χ4n) is 5.55. The van der Waals surface area contributed by atoms with Gasteiger partial charge in [-0.25, -0.2) is 0 Å². The van der Waals surface area contributed by atoms with Crippen LogP contribution in [0.25, 0.3) is 43.4 Å². The average molecular weight is 450 g/mol. The fraction of sp³-hybridized carbons (Fsp3) is 0.0625. The molecule has 35 heavy (non-hydrogen) atoms. The highest BCUT2D eigenvalue weighted by Gasteiger charge is 2.36. The summed E-state index contributed by atoms with van der Waals surface area (Å²) in [7, 11) is -0.544. The summed E-state index contributed by atoms with van der Waals surface area (Å²) in [6.07, 6.45) is 0. The van der Waals surface area contributed by atoms with Crippen LogP contribution in [0.15, 0.2) is 103 Å². The minimum atomic E-state index is -0.544. The second-order valence-corrected chi connectivity index (χ2v) is 9.38. The Bertz CT molecular complexity index is 1690. The maximum absolute atomic E-state index is 6.57. The Morgan fingerprint density at radius 2 is 1.14 bits per heavy atom. The first-order chi connectivity index (χ1) is 17.2. The molecule has 2 nitrogen and oxygen atoms in total. The van der Waals surface area contributed by atoms with Crippen LogP contribution in [-0.2, 0) is 0 Å². The average Bonchev–Trinajstić information content (AvgIpc) is 2.89. The van der Waals surface area contributed by atoms with Crippen molar-refractivity contribution >= 4 is 44.9 Å². The molecule has 6 aromatic rings. The van der Waals surface area contributed by atoms with E-state index in [1.165, 1.54) is 33.0 Å². The van der Waals surface area contributed by atoms with E-state index in [4.69, 9.17) is 9.31 Å². The molecule has 1 aliphatic rings. The summed E-state index contributed by atoms with van der Waals surface area (Å²) in [5, 5.41) is 6.88. The Kier molecular flexibility index (Phi) is 4.40. The number of benzene rings is 6. The van der Waals surface area contributed by atoms with Crippen molar-refractivity contribution in [3.05, 3.63) is 114 Å². The molecule has 1 aliphatic heterocycles. The molecule has 0 aromatic heterocycles. The summed E-state index contributed by atoms with van der Waals surface area (Å²) in [5.74, 6) is 1.72. The Morgan fingerprint density at radius 1 is 0.571 bits per heavy atom. The monoisotopic (exact) mass is 450 g/mol. The van der Waals surface area contributed by atoms with Crippen molar-refractivity contribution in [2.45, 2.75) is 13.8 Å². The molecule has 3 heteroatoms. The van der Waals surface area contributed by atoms with E-state index in [1.54, 1.807) is 0 Å². The van der Waals surface area contributed by atoms with Crippen molar-refractivity contribution in [3.8, 4) is 22.6 Å². The maximum Gasteiger partial charge on any atom is 0.633 e. The van der Waals surface area contributed by atoms with Crippen LogP contribution >= 0.6 is 0 Å². The zero-order valence-electron chi connectivity index (χ0n) is 19.7. The molecule has 1 heterocycles. The molecule has 0 fully saturated rings. The van der Waals surface area contributed by atoms with Crippen LogP contribution in [-0.4, -0.2) is 7.12 Å². The lowest BCUT2D eigenvalue weighted by Crippen LogP contribution is -2.45. The lowest BCUT2D eigenvalue weighted by atomic mass is 9.70. The van der Waals surface area contributed by atoms with E-state index in [0.29, 0.717) is 0 Å². The highest BCUT2D eigenvalue weighted by Crippen LogP contribution is 2.41. The SMILES string of the molecule is Cc1ccc(C)c(-c2c3ccccc3c(B3Oc4cccc5cccc(c45)O3)c3ccccc23)c1.